The van der Waals surface area contributed by atoms with Crippen LogP contribution in [0.15, 0.2) is 69.2 Å². The molecule has 0 radical (unpaired) electrons. The maximum absolute atomic E-state index is 12.0. The molecular formula is C18H15N3O3. The standard InChI is InChI=1S/C18H15N3O3/c1-12-7-9-13(10-8-12)19-11-15-16(22)20-18(24)21(17(15)23)14-5-3-2-4-6-14/h2-11,23H,1H3,(H,20,22,24). The minimum atomic E-state index is -0.712. The van der Waals surface area contributed by atoms with Gasteiger partial charge in [0, 0.05) is 6.21 Å². The number of H-pyrrole nitrogens is 1. The van der Waals surface area contributed by atoms with E-state index in [2.05, 4.69) is 9.98 Å². The Morgan fingerprint density at radius 2 is 1.71 bits per heavy atom. The van der Waals surface area contributed by atoms with Gasteiger partial charge in [-0.25, -0.2) is 9.36 Å². The van der Waals surface area contributed by atoms with Gasteiger partial charge in [0.25, 0.3) is 5.56 Å². The van der Waals surface area contributed by atoms with Gasteiger partial charge in [0.1, 0.15) is 5.56 Å². The average molecular weight is 321 g/mol. The number of aromatic amines is 1. The van der Waals surface area contributed by atoms with Crippen LogP contribution in [0.3, 0.4) is 0 Å². The predicted octanol–water partition coefficient (Wildman–Crippen LogP) is 2.29. The number of nitrogens with one attached hydrogen (secondary N) is 1. The van der Waals surface area contributed by atoms with Crippen LogP contribution in [0.2, 0.25) is 0 Å². The van der Waals surface area contributed by atoms with Crippen molar-refractivity contribution in [1.82, 2.24) is 9.55 Å². The molecule has 0 aliphatic carbocycles. The van der Waals surface area contributed by atoms with Gasteiger partial charge in [-0.15, -0.1) is 0 Å². The van der Waals surface area contributed by atoms with Crippen molar-refractivity contribution < 1.29 is 5.11 Å². The van der Waals surface area contributed by atoms with E-state index in [1.807, 2.05) is 19.1 Å². The van der Waals surface area contributed by atoms with Crippen molar-refractivity contribution in [2.45, 2.75) is 6.92 Å². The largest absolute Gasteiger partial charge is 0.493 e. The number of nitrogens with zero attached hydrogens (tertiary/aromatic N) is 2. The second kappa shape index (κ2) is 6.37. The van der Waals surface area contributed by atoms with Crippen LogP contribution in [-0.2, 0) is 0 Å². The Balaban J connectivity index is 2.10. The molecule has 6 heteroatoms. The summed E-state index contributed by atoms with van der Waals surface area (Å²) in [6.45, 7) is 1.96. The van der Waals surface area contributed by atoms with Crippen LogP contribution in [0.4, 0.5) is 5.69 Å². The fourth-order valence-electron chi connectivity index (χ4n) is 2.24. The quantitative estimate of drug-likeness (QED) is 0.726. The van der Waals surface area contributed by atoms with Crippen LogP contribution < -0.4 is 11.2 Å². The van der Waals surface area contributed by atoms with E-state index in [-0.39, 0.29) is 5.56 Å². The highest BCUT2D eigenvalue weighted by Crippen LogP contribution is 2.16. The molecule has 3 aromatic rings. The Bertz CT molecular complexity index is 1000. The Hall–Kier alpha value is -3.41. The first-order valence-electron chi connectivity index (χ1n) is 7.31. The van der Waals surface area contributed by atoms with Crippen molar-refractivity contribution in [2.24, 2.45) is 4.99 Å². The van der Waals surface area contributed by atoms with Gasteiger partial charge < -0.3 is 5.11 Å². The summed E-state index contributed by atoms with van der Waals surface area (Å²) in [5.41, 5.74) is 0.682. The Morgan fingerprint density at radius 1 is 1.04 bits per heavy atom. The van der Waals surface area contributed by atoms with E-state index in [0.29, 0.717) is 11.4 Å². The van der Waals surface area contributed by atoms with E-state index in [4.69, 9.17) is 0 Å². The highest BCUT2D eigenvalue weighted by Gasteiger charge is 2.13. The number of para-hydroxylation sites is 1. The molecule has 1 aromatic heterocycles. The molecule has 0 fully saturated rings. The average Bonchev–Trinajstić information content (AvgIpc) is 2.57. The highest BCUT2D eigenvalue weighted by atomic mass is 16.3. The second-order valence-corrected chi connectivity index (χ2v) is 5.26. The normalized spacial score (nSPS) is 11.0. The zero-order valence-corrected chi connectivity index (χ0v) is 12.9. The molecule has 2 aromatic carbocycles. The van der Waals surface area contributed by atoms with Crippen molar-refractivity contribution in [3.63, 3.8) is 0 Å². The number of benzene rings is 2. The summed E-state index contributed by atoms with van der Waals surface area (Å²) in [6, 6.07) is 15.9. The number of rotatable bonds is 3. The molecule has 0 saturated heterocycles. The molecule has 0 spiro atoms. The highest BCUT2D eigenvalue weighted by molar-refractivity contribution is 5.84. The summed E-state index contributed by atoms with van der Waals surface area (Å²) in [4.78, 5) is 30.4. The zero-order chi connectivity index (χ0) is 17.1. The molecule has 2 N–H and O–H groups in total. The Labute approximate surface area is 137 Å². The van der Waals surface area contributed by atoms with Crippen LogP contribution in [0.5, 0.6) is 5.88 Å². The lowest BCUT2D eigenvalue weighted by Crippen LogP contribution is -2.31. The molecule has 24 heavy (non-hydrogen) atoms. The number of hydrogen-bond donors (Lipinski definition) is 2. The number of hydrogen-bond acceptors (Lipinski definition) is 4. The van der Waals surface area contributed by atoms with E-state index >= 15 is 0 Å². The fraction of sp³-hybridized carbons (Fsp3) is 0.0556. The van der Waals surface area contributed by atoms with Gasteiger partial charge >= 0.3 is 5.69 Å². The molecule has 0 bridgehead atoms. The molecule has 0 saturated carbocycles. The summed E-state index contributed by atoms with van der Waals surface area (Å²) in [5, 5.41) is 10.4. The predicted molar refractivity (Wildman–Crippen MR) is 92.8 cm³/mol. The lowest BCUT2D eigenvalue weighted by Gasteiger charge is -2.09. The summed E-state index contributed by atoms with van der Waals surface area (Å²) in [6.07, 6.45) is 1.25. The molecule has 1 heterocycles. The molecule has 6 nitrogen and oxygen atoms in total. The molecule has 120 valence electrons. The SMILES string of the molecule is Cc1ccc(N=Cc2c(O)n(-c3ccccc3)c(=O)[nH]c2=O)cc1. The topological polar surface area (TPSA) is 87.4 Å². The van der Waals surface area contributed by atoms with Crippen molar-refractivity contribution in [3.05, 3.63) is 86.6 Å². The number of aromatic nitrogens is 2. The van der Waals surface area contributed by atoms with Crippen molar-refractivity contribution in [3.8, 4) is 11.6 Å². The Morgan fingerprint density at radius 3 is 2.38 bits per heavy atom. The van der Waals surface area contributed by atoms with Gasteiger partial charge in [0.2, 0.25) is 5.88 Å². The third kappa shape index (κ3) is 3.03. The van der Waals surface area contributed by atoms with Gasteiger partial charge in [0.15, 0.2) is 0 Å². The van der Waals surface area contributed by atoms with Crippen LogP contribution in [0, 0.1) is 6.92 Å². The van der Waals surface area contributed by atoms with E-state index in [1.165, 1.54) is 6.21 Å². The minimum Gasteiger partial charge on any atom is -0.493 e. The van der Waals surface area contributed by atoms with E-state index in [9.17, 15) is 14.7 Å². The van der Waals surface area contributed by atoms with Crippen LogP contribution in [0.25, 0.3) is 5.69 Å². The van der Waals surface area contributed by atoms with Crippen LogP contribution in [0.1, 0.15) is 11.1 Å². The molecule has 3 rings (SSSR count). The second-order valence-electron chi connectivity index (χ2n) is 5.26. The first kappa shape index (κ1) is 15.5. The van der Waals surface area contributed by atoms with Crippen molar-refractivity contribution in [1.29, 1.82) is 0 Å². The molecule has 0 unspecified atom stereocenters. The number of aryl methyl sites for hydroxylation is 1. The molecular weight excluding hydrogens is 306 g/mol. The zero-order valence-electron chi connectivity index (χ0n) is 12.9. The van der Waals surface area contributed by atoms with Crippen LogP contribution >= 0.6 is 0 Å². The summed E-state index contributed by atoms with van der Waals surface area (Å²) < 4.78 is 1.03. The van der Waals surface area contributed by atoms with E-state index < -0.39 is 17.1 Å². The Kier molecular flexibility index (Phi) is 4.11. The molecule has 0 atom stereocenters. The number of aromatic hydroxyl groups is 1. The fourth-order valence-corrected chi connectivity index (χ4v) is 2.24. The van der Waals surface area contributed by atoms with E-state index in [1.54, 1.807) is 42.5 Å². The first-order chi connectivity index (χ1) is 11.6. The van der Waals surface area contributed by atoms with Gasteiger partial charge in [-0.3, -0.25) is 14.8 Å². The monoisotopic (exact) mass is 321 g/mol. The minimum absolute atomic E-state index is 0.0842. The number of aliphatic imine (C=N–C) groups is 1. The summed E-state index contributed by atoms with van der Waals surface area (Å²) in [7, 11) is 0. The lowest BCUT2D eigenvalue weighted by molar-refractivity contribution is 0.430. The van der Waals surface area contributed by atoms with Crippen molar-refractivity contribution >= 4 is 11.9 Å². The van der Waals surface area contributed by atoms with Gasteiger partial charge in [0.05, 0.1) is 11.4 Å². The van der Waals surface area contributed by atoms with Crippen molar-refractivity contribution in [2.75, 3.05) is 0 Å². The van der Waals surface area contributed by atoms with Gasteiger partial charge in [-0.2, -0.15) is 0 Å². The maximum atomic E-state index is 12.0. The first-order valence-corrected chi connectivity index (χ1v) is 7.31. The van der Waals surface area contributed by atoms with Crippen LogP contribution in [-0.4, -0.2) is 20.9 Å². The smallest absolute Gasteiger partial charge is 0.335 e. The van der Waals surface area contributed by atoms with Gasteiger partial charge in [-0.1, -0.05) is 35.9 Å². The summed E-state index contributed by atoms with van der Waals surface area (Å²) >= 11 is 0. The van der Waals surface area contributed by atoms with E-state index in [0.717, 1.165) is 10.1 Å². The maximum Gasteiger partial charge on any atom is 0.335 e. The third-order valence-electron chi connectivity index (χ3n) is 3.51. The third-order valence-corrected chi connectivity index (χ3v) is 3.51. The van der Waals surface area contributed by atoms with Gasteiger partial charge in [-0.05, 0) is 31.2 Å². The molecule has 0 amide bonds. The lowest BCUT2D eigenvalue weighted by atomic mass is 10.2. The summed E-state index contributed by atoms with van der Waals surface area (Å²) in [5.74, 6) is -0.453. The molecule has 0 aliphatic rings. The molecule has 0 aliphatic heterocycles.